The van der Waals surface area contributed by atoms with E-state index in [0.717, 1.165) is 38.2 Å². The van der Waals surface area contributed by atoms with E-state index in [1.807, 2.05) is 43.3 Å². The van der Waals surface area contributed by atoms with Crippen molar-refractivity contribution in [2.75, 3.05) is 39.3 Å². The zero-order valence-corrected chi connectivity index (χ0v) is 17.8. The lowest BCUT2D eigenvalue weighted by molar-refractivity contribution is -0.127. The van der Waals surface area contributed by atoms with Crippen molar-refractivity contribution in [3.05, 3.63) is 58.3 Å². The van der Waals surface area contributed by atoms with Crippen molar-refractivity contribution in [3.8, 4) is 0 Å². The molecule has 1 fully saturated rings. The fraction of sp³-hybridized carbons (Fsp3) is 0.455. The molecule has 2 N–H and O–H groups in total. The first-order valence-corrected chi connectivity index (χ1v) is 11.1. The zero-order chi connectivity index (χ0) is 20.5. The highest BCUT2D eigenvalue weighted by Crippen LogP contribution is 2.09. The minimum Gasteiger partial charge on any atom is -0.354 e. The summed E-state index contributed by atoms with van der Waals surface area (Å²) in [4.78, 5) is 30.3. The summed E-state index contributed by atoms with van der Waals surface area (Å²) in [7, 11) is 0. The van der Waals surface area contributed by atoms with Gasteiger partial charge in [0.15, 0.2) is 0 Å². The SMILES string of the molecule is CC(C(=O)NCCc1cccs1)N1CCN(CC(=O)NCc2ccccc2)CC1. The quantitative estimate of drug-likeness (QED) is 0.656. The predicted octanol–water partition coefficient (Wildman–Crippen LogP) is 1.73. The van der Waals surface area contributed by atoms with Gasteiger partial charge in [-0.2, -0.15) is 0 Å². The van der Waals surface area contributed by atoms with E-state index in [2.05, 4.69) is 31.9 Å². The van der Waals surface area contributed by atoms with Crippen molar-refractivity contribution in [2.24, 2.45) is 0 Å². The van der Waals surface area contributed by atoms with E-state index in [0.29, 0.717) is 19.6 Å². The Hall–Kier alpha value is -2.22. The second kappa shape index (κ2) is 11.1. The summed E-state index contributed by atoms with van der Waals surface area (Å²) >= 11 is 1.72. The Labute approximate surface area is 176 Å². The third-order valence-electron chi connectivity index (χ3n) is 5.28. The van der Waals surface area contributed by atoms with Crippen LogP contribution in [-0.2, 0) is 22.6 Å². The monoisotopic (exact) mass is 414 g/mol. The molecule has 2 aromatic rings. The molecule has 1 unspecified atom stereocenters. The van der Waals surface area contributed by atoms with Gasteiger partial charge in [-0.05, 0) is 30.4 Å². The van der Waals surface area contributed by atoms with Crippen LogP contribution < -0.4 is 10.6 Å². The third kappa shape index (κ3) is 6.96. The van der Waals surface area contributed by atoms with E-state index in [1.165, 1.54) is 4.88 Å². The predicted molar refractivity (Wildman–Crippen MR) is 117 cm³/mol. The number of hydrogen-bond donors (Lipinski definition) is 2. The molecule has 2 amide bonds. The summed E-state index contributed by atoms with van der Waals surface area (Å²) in [6.07, 6.45) is 0.877. The van der Waals surface area contributed by atoms with E-state index in [1.54, 1.807) is 11.3 Å². The second-order valence-corrected chi connectivity index (χ2v) is 8.40. The second-order valence-electron chi connectivity index (χ2n) is 7.37. The number of rotatable bonds is 9. The van der Waals surface area contributed by atoms with Crippen molar-refractivity contribution < 1.29 is 9.59 Å². The molecule has 29 heavy (non-hydrogen) atoms. The Bertz CT molecular complexity index is 758. The first-order valence-electron chi connectivity index (χ1n) is 10.2. The van der Waals surface area contributed by atoms with Gasteiger partial charge in [-0.1, -0.05) is 36.4 Å². The van der Waals surface area contributed by atoms with E-state index < -0.39 is 0 Å². The van der Waals surface area contributed by atoms with E-state index in [-0.39, 0.29) is 17.9 Å². The molecule has 1 aromatic heterocycles. The largest absolute Gasteiger partial charge is 0.354 e. The van der Waals surface area contributed by atoms with Crippen molar-refractivity contribution in [2.45, 2.75) is 25.9 Å². The van der Waals surface area contributed by atoms with E-state index in [4.69, 9.17) is 0 Å². The topological polar surface area (TPSA) is 64.7 Å². The molecule has 156 valence electrons. The number of thiophene rings is 1. The number of carbonyl (C=O) groups excluding carboxylic acids is 2. The molecule has 1 aromatic carbocycles. The fourth-order valence-electron chi connectivity index (χ4n) is 3.44. The van der Waals surface area contributed by atoms with Gasteiger partial charge in [-0.3, -0.25) is 19.4 Å². The molecule has 3 rings (SSSR count). The van der Waals surface area contributed by atoms with Crippen molar-refractivity contribution >= 4 is 23.2 Å². The number of nitrogens with zero attached hydrogens (tertiary/aromatic N) is 2. The summed E-state index contributed by atoms with van der Waals surface area (Å²) < 4.78 is 0. The van der Waals surface area contributed by atoms with Crippen LogP contribution in [0.4, 0.5) is 0 Å². The van der Waals surface area contributed by atoms with Gasteiger partial charge in [-0.15, -0.1) is 11.3 Å². The standard InChI is InChI=1S/C22H30N4O2S/c1-18(22(28)23-10-9-20-8-5-15-29-20)26-13-11-25(12-14-26)17-21(27)24-16-19-6-3-2-4-7-19/h2-8,15,18H,9-14,16-17H2,1H3,(H,23,28)(H,24,27). The van der Waals surface area contributed by atoms with Gasteiger partial charge < -0.3 is 10.6 Å². The maximum Gasteiger partial charge on any atom is 0.237 e. The molecular formula is C22H30N4O2S. The van der Waals surface area contributed by atoms with Crippen LogP contribution in [0.2, 0.25) is 0 Å². The van der Waals surface area contributed by atoms with Gasteiger partial charge in [0.1, 0.15) is 0 Å². The van der Waals surface area contributed by atoms with Crippen LogP contribution in [0.25, 0.3) is 0 Å². The average Bonchev–Trinajstić information content (AvgIpc) is 3.26. The van der Waals surface area contributed by atoms with Gasteiger partial charge in [-0.25, -0.2) is 0 Å². The van der Waals surface area contributed by atoms with Gasteiger partial charge in [0.2, 0.25) is 11.8 Å². The molecule has 0 aliphatic carbocycles. The van der Waals surface area contributed by atoms with Gasteiger partial charge >= 0.3 is 0 Å². The average molecular weight is 415 g/mol. The summed E-state index contributed by atoms with van der Waals surface area (Å²) in [5.74, 6) is 0.122. The summed E-state index contributed by atoms with van der Waals surface area (Å²) in [5.41, 5.74) is 1.10. The van der Waals surface area contributed by atoms with Crippen LogP contribution in [0.3, 0.4) is 0 Å². The molecular weight excluding hydrogens is 384 g/mol. The highest BCUT2D eigenvalue weighted by atomic mass is 32.1. The van der Waals surface area contributed by atoms with Crippen LogP contribution in [0.5, 0.6) is 0 Å². The first-order chi connectivity index (χ1) is 14.1. The molecule has 0 radical (unpaired) electrons. The molecule has 1 saturated heterocycles. The number of carbonyl (C=O) groups is 2. The molecule has 7 heteroatoms. The van der Waals surface area contributed by atoms with Crippen molar-refractivity contribution in [3.63, 3.8) is 0 Å². The highest BCUT2D eigenvalue weighted by molar-refractivity contribution is 7.09. The molecule has 1 atom stereocenters. The maximum absolute atomic E-state index is 12.4. The van der Waals surface area contributed by atoms with Gasteiger partial charge in [0, 0.05) is 44.1 Å². The molecule has 2 heterocycles. The third-order valence-corrected chi connectivity index (χ3v) is 6.22. The Balaban J connectivity index is 1.32. The number of amides is 2. The van der Waals surface area contributed by atoms with Crippen LogP contribution in [-0.4, -0.2) is 66.9 Å². The number of piperazine rings is 1. The van der Waals surface area contributed by atoms with Gasteiger partial charge in [0.25, 0.3) is 0 Å². The molecule has 1 aliphatic rings. The van der Waals surface area contributed by atoms with Crippen molar-refractivity contribution in [1.82, 2.24) is 20.4 Å². The van der Waals surface area contributed by atoms with Crippen LogP contribution in [0, 0.1) is 0 Å². The fourth-order valence-corrected chi connectivity index (χ4v) is 4.15. The van der Waals surface area contributed by atoms with Crippen LogP contribution in [0.15, 0.2) is 47.8 Å². The molecule has 6 nitrogen and oxygen atoms in total. The Kier molecular flexibility index (Phi) is 8.22. The first kappa shape index (κ1) is 21.5. The van der Waals surface area contributed by atoms with E-state index in [9.17, 15) is 9.59 Å². The lowest BCUT2D eigenvalue weighted by Crippen LogP contribution is -2.55. The molecule has 0 spiro atoms. The minimum atomic E-state index is -0.146. The Morgan fingerprint density at radius 2 is 1.79 bits per heavy atom. The Morgan fingerprint density at radius 3 is 2.48 bits per heavy atom. The van der Waals surface area contributed by atoms with Crippen molar-refractivity contribution in [1.29, 1.82) is 0 Å². The lowest BCUT2D eigenvalue weighted by Gasteiger charge is -2.37. The maximum atomic E-state index is 12.4. The number of hydrogen-bond acceptors (Lipinski definition) is 5. The molecule has 0 bridgehead atoms. The summed E-state index contributed by atoms with van der Waals surface area (Å²) in [6, 6.07) is 13.9. The highest BCUT2D eigenvalue weighted by Gasteiger charge is 2.26. The van der Waals surface area contributed by atoms with Crippen LogP contribution >= 0.6 is 11.3 Å². The normalized spacial score (nSPS) is 16.3. The lowest BCUT2D eigenvalue weighted by atomic mass is 10.2. The minimum absolute atomic E-state index is 0.0432. The molecule has 1 aliphatic heterocycles. The van der Waals surface area contributed by atoms with Crippen LogP contribution in [0.1, 0.15) is 17.4 Å². The Morgan fingerprint density at radius 1 is 1.03 bits per heavy atom. The number of benzene rings is 1. The van der Waals surface area contributed by atoms with Gasteiger partial charge in [0.05, 0.1) is 12.6 Å². The smallest absolute Gasteiger partial charge is 0.237 e. The molecule has 0 saturated carbocycles. The zero-order valence-electron chi connectivity index (χ0n) is 17.0. The summed E-state index contributed by atoms with van der Waals surface area (Å²) in [6.45, 7) is 6.78. The number of nitrogens with one attached hydrogen (secondary N) is 2. The summed E-state index contributed by atoms with van der Waals surface area (Å²) in [5, 5.41) is 8.07. The van der Waals surface area contributed by atoms with E-state index >= 15 is 0 Å².